The van der Waals surface area contributed by atoms with Gasteiger partial charge < -0.3 is 19.3 Å². The third-order valence-corrected chi connectivity index (χ3v) is 6.26. The summed E-state index contributed by atoms with van der Waals surface area (Å²) < 4.78 is 16.6. The molecule has 7 nitrogen and oxygen atoms in total. The van der Waals surface area contributed by atoms with E-state index in [0.29, 0.717) is 52.3 Å². The molecule has 0 radical (unpaired) electrons. The van der Waals surface area contributed by atoms with E-state index >= 15 is 0 Å². The molecule has 1 aliphatic heterocycles. The Morgan fingerprint density at radius 2 is 1.73 bits per heavy atom. The quantitative estimate of drug-likeness (QED) is 0.206. The molecule has 3 aromatic rings. The number of amides is 1. The summed E-state index contributed by atoms with van der Waals surface area (Å²) in [7, 11) is 1.55. The van der Waals surface area contributed by atoms with Crippen LogP contribution in [0.15, 0.2) is 72.3 Å². The number of aliphatic hydroxyl groups excluding tert-OH is 1. The molecule has 0 saturated carbocycles. The van der Waals surface area contributed by atoms with Crippen molar-refractivity contribution in [1.82, 2.24) is 0 Å². The molecule has 3 aromatic carbocycles. The Hall–Kier alpha value is -3.97. The van der Waals surface area contributed by atoms with Crippen molar-refractivity contribution in [2.24, 2.45) is 0 Å². The van der Waals surface area contributed by atoms with E-state index in [0.717, 1.165) is 6.42 Å². The lowest BCUT2D eigenvalue weighted by Gasteiger charge is -2.26. The van der Waals surface area contributed by atoms with Crippen LogP contribution < -0.4 is 19.1 Å². The van der Waals surface area contributed by atoms with Crippen LogP contribution in [0.25, 0.3) is 5.76 Å². The van der Waals surface area contributed by atoms with E-state index in [-0.39, 0.29) is 11.3 Å². The van der Waals surface area contributed by atoms with Crippen LogP contribution in [0.4, 0.5) is 5.69 Å². The van der Waals surface area contributed by atoms with Crippen molar-refractivity contribution in [3.8, 4) is 17.2 Å². The number of anilines is 1. The second-order valence-electron chi connectivity index (χ2n) is 8.37. The number of nitrogens with zero attached hydrogens (tertiary/aromatic N) is 1. The van der Waals surface area contributed by atoms with Crippen LogP contribution in [-0.4, -0.2) is 37.1 Å². The van der Waals surface area contributed by atoms with Crippen LogP contribution in [0.1, 0.15) is 37.4 Å². The van der Waals surface area contributed by atoms with Crippen LogP contribution in [-0.2, 0) is 9.59 Å². The number of ether oxygens (including phenoxy) is 3. The number of rotatable bonds is 9. The molecule has 1 N–H and O–H groups in total. The molecule has 1 amide bonds. The van der Waals surface area contributed by atoms with Crippen molar-refractivity contribution in [2.45, 2.75) is 26.3 Å². The molecule has 1 saturated heterocycles. The summed E-state index contributed by atoms with van der Waals surface area (Å²) in [5.74, 6) is -0.302. The molecule has 1 atom stereocenters. The maximum atomic E-state index is 13.4. The number of methoxy groups -OCH3 is 1. The van der Waals surface area contributed by atoms with Crippen molar-refractivity contribution >= 4 is 34.7 Å². The third kappa shape index (κ3) is 5.27. The summed E-state index contributed by atoms with van der Waals surface area (Å²) in [5, 5.41) is 11.8. The van der Waals surface area contributed by atoms with E-state index in [4.69, 9.17) is 25.8 Å². The fourth-order valence-corrected chi connectivity index (χ4v) is 4.40. The minimum atomic E-state index is -0.898. The van der Waals surface area contributed by atoms with Gasteiger partial charge in [-0.2, -0.15) is 0 Å². The number of Topliss-reactive ketones (excluding diaryl/α,β-unsaturated/α-hetero) is 1. The van der Waals surface area contributed by atoms with Gasteiger partial charge in [-0.1, -0.05) is 30.7 Å². The smallest absolute Gasteiger partial charge is 0.300 e. The largest absolute Gasteiger partial charge is 0.507 e. The first-order chi connectivity index (χ1) is 17.9. The molecule has 0 spiro atoms. The first-order valence-corrected chi connectivity index (χ1v) is 12.4. The van der Waals surface area contributed by atoms with Crippen LogP contribution in [0.3, 0.4) is 0 Å². The summed E-state index contributed by atoms with van der Waals surface area (Å²) >= 11 is 6.23. The fourth-order valence-electron chi connectivity index (χ4n) is 4.22. The highest BCUT2D eigenvalue weighted by Crippen LogP contribution is 2.43. The van der Waals surface area contributed by atoms with Gasteiger partial charge >= 0.3 is 0 Å². The summed E-state index contributed by atoms with van der Waals surface area (Å²) in [4.78, 5) is 28.2. The first-order valence-electron chi connectivity index (χ1n) is 12.0. The Kier molecular flexibility index (Phi) is 8.04. The predicted octanol–water partition coefficient (Wildman–Crippen LogP) is 6.16. The molecular weight excluding hydrogens is 494 g/mol. The SMILES string of the molecule is CCCOc1cccc(C2/C(=C(/O)c3ccc(Cl)c(OCC)c3)C(=O)C(=O)N2c2ccc(OC)cc2)c1. The van der Waals surface area contributed by atoms with Crippen LogP contribution in [0.5, 0.6) is 17.2 Å². The molecule has 4 rings (SSSR count). The molecule has 1 unspecified atom stereocenters. The van der Waals surface area contributed by atoms with Gasteiger partial charge in [0.2, 0.25) is 0 Å². The second kappa shape index (κ2) is 11.4. The van der Waals surface area contributed by atoms with Crippen molar-refractivity contribution in [2.75, 3.05) is 25.2 Å². The Balaban J connectivity index is 1.90. The maximum Gasteiger partial charge on any atom is 0.300 e. The summed E-state index contributed by atoms with van der Waals surface area (Å²) in [5.41, 5.74) is 1.37. The van der Waals surface area contributed by atoms with E-state index in [1.54, 1.807) is 67.8 Å². The number of ketones is 1. The molecular formula is C29H28ClNO6. The van der Waals surface area contributed by atoms with E-state index in [1.165, 1.54) is 4.90 Å². The topological polar surface area (TPSA) is 85.3 Å². The lowest BCUT2D eigenvalue weighted by Crippen LogP contribution is -2.29. The van der Waals surface area contributed by atoms with Gasteiger partial charge in [0.15, 0.2) is 0 Å². The summed E-state index contributed by atoms with van der Waals surface area (Å²) in [6.07, 6.45) is 0.827. The highest BCUT2D eigenvalue weighted by atomic mass is 35.5. The standard InChI is InChI=1S/C29H28ClNO6/c1-4-15-37-22-8-6-7-18(16-22)26-25(27(32)19-9-14-23(30)24(17-19)36-5-2)28(33)29(34)31(26)20-10-12-21(35-3)13-11-20/h6-14,16-17,26,32H,4-5,15H2,1-3H3/b27-25-. The number of carbonyl (C=O) groups excluding carboxylic acids is 2. The minimum Gasteiger partial charge on any atom is -0.507 e. The number of carbonyl (C=O) groups is 2. The van der Waals surface area contributed by atoms with E-state index in [1.807, 2.05) is 19.9 Å². The minimum absolute atomic E-state index is 0.0433. The lowest BCUT2D eigenvalue weighted by molar-refractivity contribution is -0.132. The molecule has 37 heavy (non-hydrogen) atoms. The first kappa shape index (κ1) is 26.1. The maximum absolute atomic E-state index is 13.4. The molecule has 1 aliphatic rings. The number of aliphatic hydroxyl groups is 1. The van der Waals surface area contributed by atoms with E-state index in [9.17, 15) is 14.7 Å². The van der Waals surface area contributed by atoms with Gasteiger partial charge in [-0.05, 0) is 73.5 Å². The fraction of sp³-hybridized carbons (Fsp3) is 0.241. The second-order valence-corrected chi connectivity index (χ2v) is 8.77. The van der Waals surface area contributed by atoms with Gasteiger partial charge in [-0.15, -0.1) is 0 Å². The van der Waals surface area contributed by atoms with Crippen LogP contribution >= 0.6 is 11.6 Å². The van der Waals surface area contributed by atoms with Gasteiger partial charge in [0.05, 0.1) is 37.0 Å². The summed E-state index contributed by atoms with van der Waals surface area (Å²) in [6.45, 7) is 4.71. The lowest BCUT2D eigenvalue weighted by atomic mass is 9.95. The monoisotopic (exact) mass is 521 g/mol. The molecule has 1 fully saturated rings. The Bertz CT molecular complexity index is 1330. The number of hydrogen-bond acceptors (Lipinski definition) is 6. The van der Waals surface area contributed by atoms with Crippen molar-refractivity contribution in [3.05, 3.63) is 88.5 Å². The molecule has 0 bridgehead atoms. The highest BCUT2D eigenvalue weighted by molar-refractivity contribution is 6.51. The van der Waals surface area contributed by atoms with Crippen LogP contribution in [0.2, 0.25) is 5.02 Å². The Morgan fingerprint density at radius 1 is 0.973 bits per heavy atom. The number of hydrogen-bond donors (Lipinski definition) is 1. The van der Waals surface area contributed by atoms with Gasteiger partial charge in [0.1, 0.15) is 23.0 Å². The Morgan fingerprint density at radius 3 is 2.41 bits per heavy atom. The van der Waals surface area contributed by atoms with Gasteiger partial charge in [0, 0.05) is 11.3 Å². The van der Waals surface area contributed by atoms with Crippen molar-refractivity contribution < 1.29 is 28.9 Å². The highest BCUT2D eigenvalue weighted by Gasteiger charge is 2.47. The summed E-state index contributed by atoms with van der Waals surface area (Å²) in [6, 6.07) is 17.8. The average molecular weight is 522 g/mol. The molecule has 0 aliphatic carbocycles. The predicted molar refractivity (Wildman–Crippen MR) is 143 cm³/mol. The zero-order chi connectivity index (χ0) is 26.5. The average Bonchev–Trinajstić information content (AvgIpc) is 3.18. The van der Waals surface area contributed by atoms with Crippen molar-refractivity contribution in [1.29, 1.82) is 0 Å². The third-order valence-electron chi connectivity index (χ3n) is 5.95. The molecule has 1 heterocycles. The zero-order valence-electron chi connectivity index (χ0n) is 20.9. The normalized spacial score (nSPS) is 16.6. The van der Waals surface area contributed by atoms with E-state index in [2.05, 4.69) is 0 Å². The van der Waals surface area contributed by atoms with Gasteiger partial charge in [-0.3, -0.25) is 14.5 Å². The van der Waals surface area contributed by atoms with Gasteiger partial charge in [0.25, 0.3) is 11.7 Å². The van der Waals surface area contributed by atoms with Crippen LogP contribution in [0, 0.1) is 0 Å². The molecule has 8 heteroatoms. The molecule has 192 valence electrons. The van der Waals surface area contributed by atoms with Gasteiger partial charge in [-0.25, -0.2) is 0 Å². The molecule has 0 aromatic heterocycles. The number of benzene rings is 3. The van der Waals surface area contributed by atoms with Crippen molar-refractivity contribution in [3.63, 3.8) is 0 Å². The number of halogens is 1. The van der Waals surface area contributed by atoms with E-state index < -0.39 is 17.7 Å². The Labute approximate surface area is 220 Å². The zero-order valence-corrected chi connectivity index (χ0v) is 21.6.